The monoisotopic (exact) mass is 757 g/mol. The van der Waals surface area contributed by atoms with Gasteiger partial charge in [0.2, 0.25) is 0 Å². The molecule has 2 saturated heterocycles. The predicted molar refractivity (Wildman–Crippen MR) is 196 cm³/mol. The number of aromatic nitrogens is 1. The van der Waals surface area contributed by atoms with Crippen molar-refractivity contribution in [2.45, 2.75) is 32.6 Å². The minimum Gasteiger partial charge on any atom is -0.381 e. The van der Waals surface area contributed by atoms with Crippen LogP contribution >= 0.6 is 11.3 Å². The summed E-state index contributed by atoms with van der Waals surface area (Å²) in [5.74, 6) is -5.27. The summed E-state index contributed by atoms with van der Waals surface area (Å²) < 4.78 is 63.6. The van der Waals surface area contributed by atoms with E-state index in [9.17, 15) is 31.9 Å². The summed E-state index contributed by atoms with van der Waals surface area (Å²) in [6.45, 7) is 5.09. The minimum atomic E-state index is -1.15. The van der Waals surface area contributed by atoms with Crippen LogP contribution in [0.1, 0.15) is 51.8 Å². The number of halogens is 4. The normalized spacial score (nSPS) is 18.8. The number of benzene rings is 2. The number of carbonyl (C=O) groups is 3. The Morgan fingerprint density at radius 3 is 2.39 bits per heavy atom. The number of para-hydroxylation sites is 1. The number of hydrogen-bond donors (Lipinski definition) is 2. The van der Waals surface area contributed by atoms with E-state index in [1.54, 1.807) is 30.5 Å². The Kier molecular flexibility index (Phi) is 9.34. The molecular formula is C40H35F4N5O4S. The maximum Gasteiger partial charge on any atom is 0.265 e. The first-order valence-electron chi connectivity index (χ1n) is 17.7. The van der Waals surface area contributed by atoms with Gasteiger partial charge >= 0.3 is 0 Å². The minimum absolute atomic E-state index is 0.0806. The van der Waals surface area contributed by atoms with Crippen molar-refractivity contribution < 1.29 is 36.7 Å². The van der Waals surface area contributed by atoms with E-state index < -0.39 is 40.8 Å². The Morgan fingerprint density at radius 2 is 1.65 bits per heavy atom. The summed E-state index contributed by atoms with van der Waals surface area (Å²) in [5, 5.41) is 5.29. The lowest BCUT2D eigenvalue weighted by atomic mass is 9.73. The van der Waals surface area contributed by atoms with Crippen LogP contribution in [-0.4, -0.2) is 55.6 Å². The number of amides is 3. The second-order valence-electron chi connectivity index (χ2n) is 14.2. The average molecular weight is 758 g/mol. The summed E-state index contributed by atoms with van der Waals surface area (Å²) in [4.78, 5) is 49.4. The lowest BCUT2D eigenvalue weighted by molar-refractivity contribution is -0.115. The van der Waals surface area contributed by atoms with Gasteiger partial charge in [0.25, 0.3) is 17.7 Å². The highest BCUT2D eigenvalue weighted by Gasteiger charge is 2.45. The van der Waals surface area contributed by atoms with Gasteiger partial charge in [0.05, 0.1) is 16.1 Å². The number of ether oxygens (including phenoxy) is 1. The average Bonchev–Trinajstić information content (AvgIpc) is 3.53. The van der Waals surface area contributed by atoms with Crippen molar-refractivity contribution in [2.24, 2.45) is 11.3 Å². The van der Waals surface area contributed by atoms with E-state index in [1.807, 2.05) is 6.92 Å². The van der Waals surface area contributed by atoms with Crippen molar-refractivity contribution in [1.82, 2.24) is 10.3 Å². The first-order valence-corrected chi connectivity index (χ1v) is 18.5. The number of hydrogen-bond acceptors (Lipinski definition) is 7. The smallest absolute Gasteiger partial charge is 0.265 e. The van der Waals surface area contributed by atoms with Crippen LogP contribution in [0.25, 0.3) is 10.4 Å². The Balaban J connectivity index is 1.01. The molecule has 2 aromatic carbocycles. The van der Waals surface area contributed by atoms with E-state index >= 15 is 0 Å². The van der Waals surface area contributed by atoms with Gasteiger partial charge in [-0.25, -0.2) is 22.5 Å². The first kappa shape index (κ1) is 35.7. The number of rotatable bonds is 6. The molecule has 9 nitrogen and oxygen atoms in total. The molecule has 4 aliphatic rings. The van der Waals surface area contributed by atoms with Gasteiger partial charge in [-0.05, 0) is 73.7 Å². The van der Waals surface area contributed by atoms with Crippen molar-refractivity contribution in [3.63, 3.8) is 0 Å². The van der Waals surface area contributed by atoms with Gasteiger partial charge in [0, 0.05) is 78.2 Å². The molecule has 2 fully saturated rings. The van der Waals surface area contributed by atoms with E-state index in [-0.39, 0.29) is 52.8 Å². The first-order chi connectivity index (χ1) is 26.0. The largest absolute Gasteiger partial charge is 0.381 e. The van der Waals surface area contributed by atoms with Gasteiger partial charge in [-0.3, -0.25) is 14.4 Å². The van der Waals surface area contributed by atoms with Crippen molar-refractivity contribution in [2.75, 3.05) is 48.0 Å². The molecule has 0 bridgehead atoms. The van der Waals surface area contributed by atoms with Crippen molar-refractivity contribution in [3.8, 4) is 10.4 Å². The van der Waals surface area contributed by atoms with Crippen LogP contribution in [0.15, 0.2) is 78.1 Å². The fraction of sp³-hybridized carbons (Fsp3) is 0.300. The molecule has 1 aliphatic carbocycles. The molecule has 0 radical (unpaired) electrons. The zero-order valence-corrected chi connectivity index (χ0v) is 30.0. The number of fused-ring (bicyclic) bond motifs is 3. The highest BCUT2D eigenvalue weighted by Crippen LogP contribution is 2.44. The van der Waals surface area contributed by atoms with Crippen molar-refractivity contribution in [3.05, 3.63) is 117 Å². The van der Waals surface area contributed by atoms with Gasteiger partial charge in [0.1, 0.15) is 23.1 Å². The van der Waals surface area contributed by atoms with E-state index in [2.05, 4.69) is 20.5 Å². The Hall–Kier alpha value is -5.34. The van der Waals surface area contributed by atoms with Crippen LogP contribution in [0.5, 0.6) is 0 Å². The maximum absolute atomic E-state index is 14.8. The zero-order valence-electron chi connectivity index (χ0n) is 29.2. The Bertz CT molecular complexity index is 2240. The number of pyridine rings is 1. The van der Waals surface area contributed by atoms with Crippen molar-refractivity contribution in [1.29, 1.82) is 0 Å². The number of carbonyl (C=O) groups excluding carboxylic acids is 3. The molecule has 8 rings (SSSR count). The van der Waals surface area contributed by atoms with Gasteiger partial charge in [-0.1, -0.05) is 19.1 Å². The Labute approximate surface area is 312 Å². The molecule has 1 atom stereocenters. The van der Waals surface area contributed by atoms with Crippen LogP contribution < -0.4 is 20.4 Å². The predicted octanol–water partition coefficient (Wildman–Crippen LogP) is 7.40. The second kappa shape index (κ2) is 14.1. The second-order valence-corrected chi connectivity index (χ2v) is 15.3. The number of nitrogens with one attached hydrogen (secondary N) is 2. The number of anilines is 3. The molecule has 3 aliphatic heterocycles. The van der Waals surface area contributed by atoms with E-state index in [0.717, 1.165) is 74.7 Å². The lowest BCUT2D eigenvalue weighted by Gasteiger charge is -2.53. The topological polar surface area (TPSA) is 104 Å². The SMILES string of the molecule is CC1CC(C(=O)N2CCc3cc(C(=O)Nc4c(F)cccc4F)sc3-c3cc(F)c(F)cc32)=CC=C1NC(=O)c1cccnc1N1CC2(CCOCC2)C1. The van der Waals surface area contributed by atoms with Gasteiger partial charge in [0.15, 0.2) is 11.6 Å². The highest BCUT2D eigenvalue weighted by molar-refractivity contribution is 7.17. The number of nitrogens with zero attached hydrogens (tertiary/aromatic N) is 3. The molecule has 14 heteroatoms. The van der Waals surface area contributed by atoms with Crippen LogP contribution in [0.4, 0.5) is 34.8 Å². The van der Waals surface area contributed by atoms with Gasteiger partial charge in [-0.2, -0.15) is 0 Å². The Morgan fingerprint density at radius 1 is 0.907 bits per heavy atom. The molecular weight excluding hydrogens is 723 g/mol. The summed E-state index contributed by atoms with van der Waals surface area (Å²) in [6, 6.07) is 10.2. The molecule has 278 valence electrons. The third-order valence-electron chi connectivity index (χ3n) is 10.6. The van der Waals surface area contributed by atoms with Crippen LogP contribution in [-0.2, 0) is 16.0 Å². The molecule has 1 spiro atoms. The van der Waals surface area contributed by atoms with Crippen LogP contribution in [0.3, 0.4) is 0 Å². The molecule has 5 heterocycles. The highest BCUT2D eigenvalue weighted by atomic mass is 32.1. The summed E-state index contributed by atoms with van der Waals surface area (Å²) in [6.07, 6.45) is 7.49. The molecule has 54 heavy (non-hydrogen) atoms. The molecule has 2 aromatic heterocycles. The third-order valence-corrected chi connectivity index (χ3v) is 11.9. The zero-order chi connectivity index (χ0) is 37.7. The molecule has 1 unspecified atom stereocenters. The van der Waals surface area contributed by atoms with Crippen LogP contribution in [0, 0.1) is 34.6 Å². The van der Waals surface area contributed by atoms with Gasteiger partial charge < -0.3 is 25.2 Å². The summed E-state index contributed by atoms with van der Waals surface area (Å²) in [7, 11) is 0. The quantitative estimate of drug-likeness (QED) is 0.199. The molecule has 2 N–H and O–H groups in total. The van der Waals surface area contributed by atoms with E-state index in [4.69, 9.17) is 4.74 Å². The number of allylic oxidation sites excluding steroid dienone is 3. The lowest BCUT2D eigenvalue weighted by Crippen LogP contribution is -2.59. The third kappa shape index (κ3) is 6.57. The fourth-order valence-corrected chi connectivity index (χ4v) is 8.80. The standard InChI is InChI=1S/C40H35F4N5O4S/c1-22-16-24(7-8-31(22)46-37(50)25-4-3-12-45-36(25)48-20-40(21-48)10-14-53-15-11-40)39(52)49-13-9-23-17-33(38(51)47-34-27(41)5-2-6-28(34)42)54-35(23)26-18-29(43)30(44)19-32(26)49/h2-8,12,17-19,22H,9-11,13-16,20-21H2,1H3,(H,46,50)(H,47,51). The fourth-order valence-electron chi connectivity index (χ4n) is 7.67. The molecule has 4 aromatic rings. The van der Waals surface area contributed by atoms with Gasteiger partial charge in [-0.15, -0.1) is 11.3 Å². The van der Waals surface area contributed by atoms with Crippen molar-refractivity contribution >= 4 is 46.3 Å². The molecule has 0 saturated carbocycles. The maximum atomic E-state index is 14.8. The van der Waals surface area contributed by atoms with E-state index in [1.165, 1.54) is 17.0 Å². The number of thiophene rings is 1. The summed E-state index contributed by atoms with van der Waals surface area (Å²) in [5.41, 5.74) is 2.03. The van der Waals surface area contributed by atoms with Crippen LogP contribution in [0.2, 0.25) is 0 Å². The van der Waals surface area contributed by atoms with E-state index in [0.29, 0.717) is 33.1 Å². The summed E-state index contributed by atoms with van der Waals surface area (Å²) >= 11 is 0.951. The molecule has 3 amide bonds.